The Labute approximate surface area is 148 Å². The molecule has 3 rings (SSSR count). The van der Waals surface area contributed by atoms with Crippen molar-refractivity contribution in [2.75, 3.05) is 19.7 Å². The number of hydrogen-bond acceptors (Lipinski definition) is 4. The van der Waals surface area contributed by atoms with Gasteiger partial charge in [-0.05, 0) is 56.7 Å². The van der Waals surface area contributed by atoms with Crippen molar-refractivity contribution in [3.8, 4) is 5.75 Å². The number of carbonyl (C=O) groups excluding carboxylic acids is 2. The first-order valence-corrected chi connectivity index (χ1v) is 8.89. The molecule has 0 aromatic heterocycles. The standard InChI is InChI=1S/C19H26N2O4/c1-12-7-8-13(2)17(14(12)3)25-11-15(22)10-21-18(23)16-6-4-5-9-20(16)19(21)24/h7-8,15-16,22H,4-6,9-11H2,1-3H3/t15-,16-/m1/s1. The Balaban J connectivity index is 1.62. The predicted octanol–water partition coefficient (Wildman–Crippen LogP) is 2.17. The topological polar surface area (TPSA) is 70.1 Å². The fourth-order valence-electron chi connectivity index (χ4n) is 3.61. The van der Waals surface area contributed by atoms with Crippen molar-refractivity contribution in [3.63, 3.8) is 0 Å². The first kappa shape index (κ1) is 17.7. The zero-order valence-electron chi connectivity index (χ0n) is 15.1. The monoisotopic (exact) mass is 346 g/mol. The number of urea groups is 1. The fraction of sp³-hybridized carbons (Fsp3) is 0.579. The molecule has 2 aliphatic rings. The van der Waals surface area contributed by atoms with Crippen LogP contribution in [0.1, 0.15) is 36.0 Å². The molecule has 2 fully saturated rings. The lowest BCUT2D eigenvalue weighted by Gasteiger charge is -2.26. The average Bonchev–Trinajstić information content (AvgIpc) is 2.84. The Morgan fingerprint density at radius 1 is 1.20 bits per heavy atom. The summed E-state index contributed by atoms with van der Waals surface area (Å²) in [5.41, 5.74) is 3.16. The average molecular weight is 346 g/mol. The number of piperidine rings is 1. The summed E-state index contributed by atoms with van der Waals surface area (Å²) in [6.45, 7) is 6.60. The Kier molecular flexibility index (Phi) is 4.99. The van der Waals surface area contributed by atoms with E-state index in [1.165, 1.54) is 4.90 Å². The Morgan fingerprint density at radius 2 is 1.92 bits per heavy atom. The summed E-state index contributed by atoms with van der Waals surface area (Å²) >= 11 is 0. The Hall–Kier alpha value is -2.08. The van der Waals surface area contributed by atoms with E-state index < -0.39 is 6.10 Å². The molecule has 2 heterocycles. The number of aliphatic hydroxyl groups is 1. The van der Waals surface area contributed by atoms with E-state index in [0.29, 0.717) is 6.54 Å². The van der Waals surface area contributed by atoms with Gasteiger partial charge >= 0.3 is 6.03 Å². The van der Waals surface area contributed by atoms with E-state index in [1.807, 2.05) is 32.9 Å². The molecule has 25 heavy (non-hydrogen) atoms. The van der Waals surface area contributed by atoms with Gasteiger partial charge in [0, 0.05) is 6.54 Å². The second-order valence-corrected chi connectivity index (χ2v) is 7.05. The maximum absolute atomic E-state index is 12.4. The predicted molar refractivity (Wildman–Crippen MR) is 93.6 cm³/mol. The van der Waals surface area contributed by atoms with Crippen LogP contribution >= 0.6 is 0 Å². The van der Waals surface area contributed by atoms with E-state index in [2.05, 4.69) is 0 Å². The van der Waals surface area contributed by atoms with Crippen LogP contribution in [0, 0.1) is 20.8 Å². The van der Waals surface area contributed by atoms with E-state index in [0.717, 1.165) is 41.7 Å². The van der Waals surface area contributed by atoms with Gasteiger partial charge < -0.3 is 14.7 Å². The highest BCUT2D eigenvalue weighted by molar-refractivity contribution is 6.04. The number of rotatable bonds is 5. The molecule has 0 spiro atoms. The summed E-state index contributed by atoms with van der Waals surface area (Å²) < 4.78 is 5.80. The number of aryl methyl sites for hydroxylation is 2. The molecule has 0 bridgehead atoms. The van der Waals surface area contributed by atoms with E-state index in [-0.39, 0.29) is 31.1 Å². The Morgan fingerprint density at radius 3 is 2.64 bits per heavy atom. The number of benzene rings is 1. The fourth-order valence-corrected chi connectivity index (χ4v) is 3.61. The van der Waals surface area contributed by atoms with Gasteiger partial charge in [0.15, 0.2) is 0 Å². The molecule has 136 valence electrons. The molecule has 3 amide bonds. The number of amides is 3. The largest absolute Gasteiger partial charge is 0.490 e. The van der Waals surface area contributed by atoms with Crippen LogP contribution in [0.25, 0.3) is 0 Å². The molecule has 1 aromatic carbocycles. The number of carbonyl (C=O) groups is 2. The second-order valence-electron chi connectivity index (χ2n) is 7.05. The quantitative estimate of drug-likeness (QED) is 0.830. The van der Waals surface area contributed by atoms with Gasteiger partial charge in [-0.15, -0.1) is 0 Å². The molecule has 2 aliphatic heterocycles. The first-order chi connectivity index (χ1) is 11.9. The number of ether oxygens (including phenoxy) is 1. The number of imide groups is 1. The third kappa shape index (κ3) is 3.35. The molecule has 0 saturated carbocycles. The van der Waals surface area contributed by atoms with E-state index in [4.69, 9.17) is 4.74 Å². The van der Waals surface area contributed by atoms with Crippen LogP contribution in [0.5, 0.6) is 5.75 Å². The van der Waals surface area contributed by atoms with Gasteiger partial charge in [-0.2, -0.15) is 0 Å². The van der Waals surface area contributed by atoms with Crippen molar-refractivity contribution >= 4 is 11.9 Å². The van der Waals surface area contributed by atoms with Gasteiger partial charge in [0.25, 0.3) is 5.91 Å². The number of fused-ring (bicyclic) bond motifs is 1. The SMILES string of the molecule is Cc1ccc(C)c(OC[C@H](O)CN2C(=O)[C@H]3CCCCN3C2=O)c1C. The summed E-state index contributed by atoms with van der Waals surface area (Å²) in [7, 11) is 0. The molecule has 6 heteroatoms. The van der Waals surface area contributed by atoms with Gasteiger partial charge in [-0.1, -0.05) is 12.1 Å². The maximum Gasteiger partial charge on any atom is 0.327 e. The van der Waals surface area contributed by atoms with E-state index >= 15 is 0 Å². The third-order valence-electron chi connectivity index (χ3n) is 5.22. The van der Waals surface area contributed by atoms with Gasteiger partial charge in [-0.25, -0.2) is 4.79 Å². The molecule has 0 radical (unpaired) electrons. The van der Waals surface area contributed by atoms with Gasteiger partial charge in [0.2, 0.25) is 0 Å². The molecule has 0 unspecified atom stereocenters. The summed E-state index contributed by atoms with van der Waals surface area (Å²) in [6.07, 6.45) is 1.70. The summed E-state index contributed by atoms with van der Waals surface area (Å²) in [6, 6.07) is 3.40. The molecule has 2 atom stereocenters. The zero-order valence-corrected chi connectivity index (χ0v) is 15.1. The zero-order chi connectivity index (χ0) is 18.1. The highest BCUT2D eigenvalue weighted by Gasteiger charge is 2.46. The number of aliphatic hydroxyl groups excluding tert-OH is 1. The number of β-amino-alcohol motifs (C(OH)–C–C–N with tert-alkyl or cyclic N) is 1. The van der Waals surface area contributed by atoms with Crippen molar-refractivity contribution in [3.05, 3.63) is 28.8 Å². The van der Waals surface area contributed by atoms with Crippen LogP contribution in [-0.2, 0) is 4.79 Å². The summed E-state index contributed by atoms with van der Waals surface area (Å²) in [4.78, 5) is 27.6. The Bertz CT molecular complexity index is 664. The summed E-state index contributed by atoms with van der Waals surface area (Å²) in [5.74, 6) is 0.571. The van der Waals surface area contributed by atoms with Crippen molar-refractivity contribution < 1.29 is 19.4 Å². The van der Waals surface area contributed by atoms with Crippen molar-refractivity contribution in [1.82, 2.24) is 9.80 Å². The van der Waals surface area contributed by atoms with Gasteiger partial charge in [0.05, 0.1) is 6.54 Å². The molecule has 6 nitrogen and oxygen atoms in total. The molecule has 0 aliphatic carbocycles. The minimum atomic E-state index is -0.909. The molecule has 1 N–H and O–H groups in total. The lowest BCUT2D eigenvalue weighted by atomic mass is 10.0. The van der Waals surface area contributed by atoms with Crippen molar-refractivity contribution in [2.24, 2.45) is 0 Å². The first-order valence-electron chi connectivity index (χ1n) is 8.89. The minimum absolute atomic E-state index is 0.0193. The minimum Gasteiger partial charge on any atom is -0.490 e. The molecule has 2 saturated heterocycles. The summed E-state index contributed by atoms with van der Waals surface area (Å²) in [5, 5.41) is 10.3. The number of nitrogens with zero attached hydrogens (tertiary/aromatic N) is 2. The molecular weight excluding hydrogens is 320 g/mol. The van der Waals surface area contributed by atoms with Crippen LogP contribution in [0.4, 0.5) is 4.79 Å². The van der Waals surface area contributed by atoms with Crippen molar-refractivity contribution in [1.29, 1.82) is 0 Å². The highest BCUT2D eigenvalue weighted by Crippen LogP contribution is 2.28. The van der Waals surface area contributed by atoms with Crippen molar-refractivity contribution in [2.45, 2.75) is 52.2 Å². The van der Waals surface area contributed by atoms with Crippen LogP contribution in [-0.4, -0.2) is 58.7 Å². The maximum atomic E-state index is 12.4. The highest BCUT2D eigenvalue weighted by atomic mass is 16.5. The molecular formula is C19H26N2O4. The second kappa shape index (κ2) is 7.04. The van der Waals surface area contributed by atoms with Crippen LogP contribution in [0.15, 0.2) is 12.1 Å². The third-order valence-corrected chi connectivity index (χ3v) is 5.22. The molecule has 1 aromatic rings. The lowest BCUT2D eigenvalue weighted by molar-refractivity contribution is -0.129. The van der Waals surface area contributed by atoms with Crippen LogP contribution in [0.2, 0.25) is 0 Å². The lowest BCUT2D eigenvalue weighted by Crippen LogP contribution is -2.40. The van der Waals surface area contributed by atoms with Gasteiger partial charge in [-0.3, -0.25) is 9.69 Å². The van der Waals surface area contributed by atoms with E-state index in [9.17, 15) is 14.7 Å². The van der Waals surface area contributed by atoms with E-state index in [1.54, 1.807) is 4.90 Å². The van der Waals surface area contributed by atoms with Crippen LogP contribution < -0.4 is 4.74 Å². The number of hydrogen-bond donors (Lipinski definition) is 1. The normalized spacial score (nSPS) is 21.5. The van der Waals surface area contributed by atoms with Crippen LogP contribution in [0.3, 0.4) is 0 Å². The smallest absolute Gasteiger partial charge is 0.327 e. The van der Waals surface area contributed by atoms with Gasteiger partial charge in [0.1, 0.15) is 24.5 Å².